The van der Waals surface area contributed by atoms with E-state index in [1.807, 2.05) is 0 Å². The molecule has 0 radical (unpaired) electrons. The fourth-order valence-corrected chi connectivity index (χ4v) is 1.74. The third kappa shape index (κ3) is 3.57. The summed E-state index contributed by atoms with van der Waals surface area (Å²) in [6.45, 7) is 0. The van der Waals surface area contributed by atoms with Crippen LogP contribution >= 0.6 is 23.2 Å². The Labute approximate surface area is 109 Å². The molecule has 0 spiro atoms. The topological polar surface area (TPSA) is 66.8 Å². The lowest BCUT2D eigenvalue weighted by Gasteiger charge is -2.18. The van der Waals surface area contributed by atoms with Gasteiger partial charge in [0.1, 0.15) is 6.10 Å². The van der Waals surface area contributed by atoms with Gasteiger partial charge in [-0.15, -0.1) is 0 Å². The van der Waals surface area contributed by atoms with Crippen LogP contribution in [-0.4, -0.2) is 29.4 Å². The summed E-state index contributed by atoms with van der Waals surface area (Å²) >= 11 is 11.7. The van der Waals surface area contributed by atoms with E-state index in [2.05, 4.69) is 4.74 Å². The zero-order chi connectivity index (χ0) is 13.0. The van der Waals surface area contributed by atoms with Gasteiger partial charge in [0.05, 0.1) is 29.7 Å². The molecule has 17 heavy (non-hydrogen) atoms. The molecule has 0 saturated heterocycles. The summed E-state index contributed by atoms with van der Waals surface area (Å²) < 4.78 is 4.39. The molecule has 0 fully saturated rings. The molecule has 4 nitrogen and oxygen atoms in total. The maximum Gasteiger partial charge on any atom is 0.308 e. The molecular formula is C11H12Cl2O4. The summed E-state index contributed by atoms with van der Waals surface area (Å²) in [6.07, 6.45) is -2.90. The Balaban J connectivity index is 2.85. The Kier molecular flexibility index (Phi) is 5.21. The van der Waals surface area contributed by atoms with Crippen molar-refractivity contribution in [1.82, 2.24) is 0 Å². The Hall–Kier alpha value is -0.810. The van der Waals surface area contributed by atoms with Crippen LogP contribution in [-0.2, 0) is 9.53 Å². The van der Waals surface area contributed by atoms with Crippen LogP contribution in [0, 0.1) is 0 Å². The predicted octanol–water partition coefficient (Wildman–Crippen LogP) is 1.95. The third-order valence-electron chi connectivity index (χ3n) is 2.27. The normalized spacial score (nSPS) is 14.2. The minimum Gasteiger partial charge on any atom is -0.469 e. The zero-order valence-corrected chi connectivity index (χ0v) is 10.6. The van der Waals surface area contributed by atoms with Crippen molar-refractivity contribution in [3.63, 3.8) is 0 Å². The summed E-state index contributed by atoms with van der Waals surface area (Å²) in [5.74, 6) is -0.616. The second kappa shape index (κ2) is 6.21. The first-order valence-corrected chi connectivity index (χ1v) is 5.59. The highest BCUT2D eigenvalue weighted by atomic mass is 35.5. The van der Waals surface area contributed by atoms with Crippen LogP contribution in [0.4, 0.5) is 0 Å². The first-order chi connectivity index (χ1) is 7.97. The first kappa shape index (κ1) is 14.3. The lowest BCUT2D eigenvalue weighted by molar-refractivity contribution is -0.144. The maximum absolute atomic E-state index is 11.0. The van der Waals surface area contributed by atoms with E-state index in [1.54, 1.807) is 12.1 Å². The summed E-state index contributed by atoms with van der Waals surface area (Å²) in [5, 5.41) is 19.9. The predicted molar refractivity (Wildman–Crippen MR) is 64.1 cm³/mol. The molecule has 0 aliphatic rings. The SMILES string of the molecule is COC(=O)CC(O)C(O)c1cccc(Cl)c1Cl. The summed E-state index contributed by atoms with van der Waals surface area (Å²) in [4.78, 5) is 11.0. The number of hydrogen-bond acceptors (Lipinski definition) is 4. The fourth-order valence-electron chi connectivity index (χ4n) is 1.32. The van der Waals surface area contributed by atoms with Gasteiger partial charge in [0.15, 0.2) is 0 Å². The average Bonchev–Trinajstić information content (AvgIpc) is 2.31. The summed E-state index contributed by atoms with van der Waals surface area (Å²) in [6, 6.07) is 4.68. The maximum atomic E-state index is 11.0. The molecule has 0 amide bonds. The van der Waals surface area contributed by atoms with E-state index >= 15 is 0 Å². The lowest BCUT2D eigenvalue weighted by atomic mass is 10.0. The van der Waals surface area contributed by atoms with Crippen LogP contribution in [0.25, 0.3) is 0 Å². The van der Waals surface area contributed by atoms with Gasteiger partial charge in [0.2, 0.25) is 0 Å². The molecule has 0 aliphatic carbocycles. The van der Waals surface area contributed by atoms with Crippen molar-refractivity contribution in [1.29, 1.82) is 0 Å². The van der Waals surface area contributed by atoms with Crippen LogP contribution in [0.2, 0.25) is 10.0 Å². The molecule has 0 aliphatic heterocycles. The van der Waals surface area contributed by atoms with Gasteiger partial charge in [-0.1, -0.05) is 35.3 Å². The molecule has 2 unspecified atom stereocenters. The minimum absolute atomic E-state index is 0.158. The molecule has 94 valence electrons. The third-order valence-corrected chi connectivity index (χ3v) is 3.10. The van der Waals surface area contributed by atoms with Gasteiger partial charge < -0.3 is 14.9 Å². The standard InChI is InChI=1S/C11H12Cl2O4/c1-17-9(15)5-8(14)11(16)6-3-2-4-7(12)10(6)13/h2-4,8,11,14,16H,5H2,1H3. The number of benzene rings is 1. The average molecular weight is 279 g/mol. The molecule has 2 atom stereocenters. The van der Waals surface area contributed by atoms with Gasteiger partial charge in [-0.2, -0.15) is 0 Å². The van der Waals surface area contributed by atoms with Crippen molar-refractivity contribution < 1.29 is 19.7 Å². The van der Waals surface area contributed by atoms with Crippen molar-refractivity contribution in [2.45, 2.75) is 18.6 Å². The number of rotatable bonds is 4. The number of halogens is 2. The van der Waals surface area contributed by atoms with E-state index in [0.717, 1.165) is 0 Å². The minimum atomic E-state index is -1.29. The molecule has 6 heteroatoms. The van der Waals surface area contributed by atoms with Crippen LogP contribution in [0.15, 0.2) is 18.2 Å². The monoisotopic (exact) mass is 278 g/mol. The highest BCUT2D eigenvalue weighted by Gasteiger charge is 2.24. The second-order valence-electron chi connectivity index (χ2n) is 3.44. The number of hydrogen-bond donors (Lipinski definition) is 2. The van der Waals surface area contributed by atoms with Gasteiger partial charge in [-0.3, -0.25) is 4.79 Å². The Morgan fingerprint density at radius 1 is 1.41 bits per heavy atom. The molecule has 0 saturated carbocycles. The van der Waals surface area contributed by atoms with Gasteiger partial charge in [-0.05, 0) is 6.07 Å². The molecule has 1 aromatic rings. The van der Waals surface area contributed by atoms with E-state index < -0.39 is 18.2 Å². The molecule has 2 N–H and O–H groups in total. The quantitative estimate of drug-likeness (QED) is 0.827. The van der Waals surface area contributed by atoms with E-state index in [1.165, 1.54) is 13.2 Å². The number of esters is 1. The lowest BCUT2D eigenvalue weighted by Crippen LogP contribution is -2.22. The highest BCUT2D eigenvalue weighted by Crippen LogP contribution is 2.31. The van der Waals surface area contributed by atoms with Gasteiger partial charge in [-0.25, -0.2) is 0 Å². The number of carbonyl (C=O) groups excluding carboxylic acids is 1. The summed E-state index contributed by atoms with van der Waals surface area (Å²) in [7, 11) is 1.20. The van der Waals surface area contributed by atoms with Crippen LogP contribution in [0.3, 0.4) is 0 Å². The van der Waals surface area contributed by atoms with Crippen molar-refractivity contribution in [3.05, 3.63) is 33.8 Å². The van der Waals surface area contributed by atoms with Gasteiger partial charge in [0, 0.05) is 5.56 Å². The second-order valence-corrected chi connectivity index (χ2v) is 4.22. The van der Waals surface area contributed by atoms with Crippen LogP contribution in [0.1, 0.15) is 18.1 Å². The number of carbonyl (C=O) groups is 1. The molecule has 0 aromatic heterocycles. The summed E-state index contributed by atoms with van der Waals surface area (Å²) in [5.41, 5.74) is 0.274. The largest absolute Gasteiger partial charge is 0.469 e. The van der Waals surface area contributed by atoms with E-state index in [9.17, 15) is 15.0 Å². The van der Waals surface area contributed by atoms with Crippen molar-refractivity contribution in [2.75, 3.05) is 7.11 Å². The number of ether oxygens (including phenoxy) is 1. The highest BCUT2D eigenvalue weighted by molar-refractivity contribution is 6.42. The number of aliphatic hydroxyl groups excluding tert-OH is 2. The smallest absolute Gasteiger partial charge is 0.308 e. The van der Waals surface area contributed by atoms with E-state index in [-0.39, 0.29) is 22.0 Å². The Morgan fingerprint density at radius 2 is 2.06 bits per heavy atom. The van der Waals surface area contributed by atoms with Crippen molar-refractivity contribution >= 4 is 29.2 Å². The molecule has 1 rings (SSSR count). The molecule has 0 bridgehead atoms. The molecule has 1 aromatic carbocycles. The number of aliphatic hydroxyl groups is 2. The van der Waals surface area contributed by atoms with Gasteiger partial charge >= 0.3 is 5.97 Å². The van der Waals surface area contributed by atoms with Crippen LogP contribution in [0.5, 0.6) is 0 Å². The van der Waals surface area contributed by atoms with Gasteiger partial charge in [0.25, 0.3) is 0 Å². The van der Waals surface area contributed by atoms with Crippen molar-refractivity contribution in [3.8, 4) is 0 Å². The Morgan fingerprint density at radius 3 is 2.65 bits per heavy atom. The van der Waals surface area contributed by atoms with Crippen molar-refractivity contribution in [2.24, 2.45) is 0 Å². The van der Waals surface area contributed by atoms with E-state index in [4.69, 9.17) is 23.2 Å². The number of methoxy groups -OCH3 is 1. The zero-order valence-electron chi connectivity index (χ0n) is 9.06. The molecule has 0 heterocycles. The van der Waals surface area contributed by atoms with Crippen LogP contribution < -0.4 is 0 Å². The van der Waals surface area contributed by atoms with E-state index in [0.29, 0.717) is 0 Å². The molecular weight excluding hydrogens is 267 g/mol. The fraction of sp³-hybridized carbons (Fsp3) is 0.364. The first-order valence-electron chi connectivity index (χ1n) is 4.84. The Bertz CT molecular complexity index is 408.